The van der Waals surface area contributed by atoms with E-state index in [9.17, 15) is 75.7 Å². The van der Waals surface area contributed by atoms with E-state index in [-0.39, 0.29) is 12.3 Å². The highest BCUT2D eigenvalue weighted by Crippen LogP contribution is 2.39. The van der Waals surface area contributed by atoms with Gasteiger partial charge in [0.25, 0.3) is 5.79 Å². The zero-order valence-corrected chi connectivity index (χ0v) is 52.9. The highest BCUT2D eigenvalue weighted by atomic mass is 16.8. The summed E-state index contributed by atoms with van der Waals surface area (Å²) in [5.41, 5.74) is 0. The minimum absolute atomic E-state index is 0.204. The number of carboxylic acid groups (broad SMARTS) is 1. The number of ether oxygens (including phenoxy) is 6. The molecule has 2 amide bonds. The summed E-state index contributed by atoms with van der Waals surface area (Å²) in [5.74, 6) is -6.14. The van der Waals surface area contributed by atoms with Crippen LogP contribution in [0, 0.1) is 0 Å². The van der Waals surface area contributed by atoms with Crippen LogP contribution in [0.3, 0.4) is 0 Å². The molecule has 0 bridgehead atoms. The smallest absolute Gasteiger partial charge is 0.364 e. The highest BCUT2D eigenvalue weighted by Gasteiger charge is 2.60. The van der Waals surface area contributed by atoms with Gasteiger partial charge in [0.15, 0.2) is 12.6 Å². The van der Waals surface area contributed by atoms with Crippen molar-refractivity contribution in [2.24, 2.45) is 0 Å². The van der Waals surface area contributed by atoms with E-state index >= 15 is 0 Å². The molecule has 0 aliphatic carbocycles. The molecule has 0 saturated carbocycles. The number of amides is 2. The van der Waals surface area contributed by atoms with Crippen LogP contribution in [0.15, 0.2) is 12.2 Å². The molecule has 3 heterocycles. The Morgan fingerprint density at radius 2 is 1.07 bits per heavy atom. The lowest BCUT2D eigenvalue weighted by Gasteiger charge is -2.50. The molecule has 3 rings (SSSR count). The van der Waals surface area contributed by atoms with Crippen molar-refractivity contribution in [2.45, 2.75) is 349 Å². The summed E-state index contributed by atoms with van der Waals surface area (Å²) in [6.45, 7) is 2.14. The van der Waals surface area contributed by atoms with Crippen LogP contribution in [0.25, 0.3) is 0 Å². The van der Waals surface area contributed by atoms with E-state index in [1.165, 1.54) is 148 Å². The summed E-state index contributed by atoms with van der Waals surface area (Å²) in [6.07, 6.45) is 12.6. The first kappa shape index (κ1) is 78.7. The molecule has 3 saturated heterocycles. The van der Waals surface area contributed by atoms with E-state index in [2.05, 4.69) is 24.5 Å². The molecule has 3 fully saturated rings. The van der Waals surface area contributed by atoms with Crippen molar-refractivity contribution in [2.75, 3.05) is 26.4 Å². The number of rotatable bonds is 50. The lowest BCUT2D eigenvalue weighted by molar-refractivity contribution is -0.386. The Labute approximate surface area is 518 Å². The van der Waals surface area contributed by atoms with Crippen LogP contribution in [0.5, 0.6) is 0 Å². The SMILES string of the molecule is CCCCCCCCCCCCCCCCCCC/C=C/C(O)C(COC1OC(CO)C(OC2OC(CO)C(O)C(OC3(C(=O)O)CC(O)C(NC(C)=O)C(C(O)C(O)CO)O3)C2O)C(O)C1O)NC(=O)CCCCCCCCCCCCCCCC. The Kier molecular flexibility index (Phi) is 41.3. The molecule has 18 unspecified atom stereocenters. The third-order valence-electron chi connectivity index (χ3n) is 17.2. The van der Waals surface area contributed by atoms with Crippen molar-refractivity contribution >= 4 is 17.8 Å². The quantitative estimate of drug-likeness (QED) is 0.0278. The topological polar surface area (TPSA) is 373 Å². The van der Waals surface area contributed by atoms with Gasteiger partial charge in [0.1, 0.15) is 67.1 Å². The van der Waals surface area contributed by atoms with Gasteiger partial charge in [-0.05, 0) is 19.3 Å². The predicted octanol–water partition coefficient (Wildman–Crippen LogP) is 5.12. The van der Waals surface area contributed by atoms with Crippen LogP contribution < -0.4 is 10.6 Å². The van der Waals surface area contributed by atoms with Gasteiger partial charge >= 0.3 is 5.97 Å². The predicted molar refractivity (Wildman–Crippen MR) is 325 cm³/mol. The minimum atomic E-state index is -3.08. The van der Waals surface area contributed by atoms with E-state index in [0.29, 0.717) is 12.8 Å². The maximum atomic E-state index is 13.4. The number of unbranched alkanes of at least 4 members (excludes halogenated alkanes) is 30. The van der Waals surface area contributed by atoms with Crippen molar-refractivity contribution in [3.63, 3.8) is 0 Å². The number of hydrogen-bond acceptors (Lipinski definition) is 20. The van der Waals surface area contributed by atoms with E-state index in [0.717, 1.165) is 51.9 Å². The summed E-state index contributed by atoms with van der Waals surface area (Å²) in [4.78, 5) is 38.5. The van der Waals surface area contributed by atoms with Gasteiger partial charge in [-0.1, -0.05) is 212 Å². The molecule has 0 aromatic carbocycles. The molecule has 23 nitrogen and oxygen atoms in total. The summed E-state index contributed by atoms with van der Waals surface area (Å²) >= 11 is 0. The normalized spacial score (nSPS) is 29.2. The maximum absolute atomic E-state index is 13.4. The number of carbonyl (C=O) groups is 3. The number of carboxylic acids is 1. The van der Waals surface area contributed by atoms with E-state index in [4.69, 9.17) is 28.4 Å². The minimum Gasteiger partial charge on any atom is -0.477 e. The Balaban J connectivity index is 1.63. The summed E-state index contributed by atoms with van der Waals surface area (Å²) in [6, 6.07) is -2.61. The van der Waals surface area contributed by atoms with Crippen molar-refractivity contribution in [1.29, 1.82) is 0 Å². The monoisotopic (exact) mass is 1250 g/mol. The number of aliphatic carboxylic acids is 1. The number of aliphatic hydroxyl groups excluding tert-OH is 11. The van der Waals surface area contributed by atoms with Crippen molar-refractivity contribution in [3.8, 4) is 0 Å². The van der Waals surface area contributed by atoms with Crippen molar-refractivity contribution in [3.05, 3.63) is 12.2 Å². The van der Waals surface area contributed by atoms with Crippen LogP contribution in [0.1, 0.15) is 239 Å². The average Bonchev–Trinajstić information content (AvgIpc) is 1.15. The first-order valence-corrected chi connectivity index (χ1v) is 33.6. The molecule has 23 heteroatoms. The highest BCUT2D eigenvalue weighted by molar-refractivity contribution is 5.77. The molecule has 0 spiro atoms. The fraction of sp³-hybridized carbons (Fsp3) is 0.922. The Bertz CT molecular complexity index is 1820. The first-order chi connectivity index (χ1) is 41.9. The lowest BCUT2D eigenvalue weighted by atomic mass is 9.88. The van der Waals surface area contributed by atoms with Gasteiger partial charge in [0, 0.05) is 19.8 Å². The summed E-state index contributed by atoms with van der Waals surface area (Å²) in [7, 11) is 0. The van der Waals surface area contributed by atoms with Gasteiger partial charge in [-0.15, -0.1) is 0 Å². The Morgan fingerprint density at radius 3 is 1.53 bits per heavy atom. The molecule has 3 aliphatic heterocycles. The van der Waals surface area contributed by atoms with Gasteiger partial charge in [-0.25, -0.2) is 4.79 Å². The zero-order chi connectivity index (χ0) is 64.0. The molecule has 0 aromatic heterocycles. The number of nitrogens with one attached hydrogen (secondary N) is 2. The van der Waals surface area contributed by atoms with Gasteiger partial charge in [-0.2, -0.15) is 0 Å². The van der Waals surface area contributed by atoms with Crippen LogP contribution in [-0.2, 0) is 42.8 Å². The zero-order valence-electron chi connectivity index (χ0n) is 52.9. The Hall–Kier alpha value is -2.53. The van der Waals surface area contributed by atoms with Gasteiger partial charge in [-0.3, -0.25) is 9.59 Å². The number of aliphatic hydroxyl groups is 11. The molecule has 0 aromatic rings. The molecule has 14 N–H and O–H groups in total. The fourth-order valence-corrected chi connectivity index (χ4v) is 11.8. The summed E-state index contributed by atoms with van der Waals surface area (Å²) in [5, 5.41) is 136. The lowest BCUT2D eigenvalue weighted by Crippen LogP contribution is -2.70. The molecule has 510 valence electrons. The summed E-state index contributed by atoms with van der Waals surface area (Å²) < 4.78 is 34.8. The third kappa shape index (κ3) is 28.9. The first-order valence-electron chi connectivity index (χ1n) is 33.6. The molecular weight excluding hydrogens is 1130 g/mol. The van der Waals surface area contributed by atoms with E-state index in [1.54, 1.807) is 6.08 Å². The fourth-order valence-electron chi connectivity index (χ4n) is 11.8. The maximum Gasteiger partial charge on any atom is 0.364 e. The molecule has 3 aliphatic rings. The number of allylic oxidation sites excluding steroid dienone is 1. The molecule has 0 radical (unpaired) electrons. The van der Waals surface area contributed by atoms with Crippen LogP contribution in [0.2, 0.25) is 0 Å². The third-order valence-corrected chi connectivity index (χ3v) is 17.2. The van der Waals surface area contributed by atoms with Crippen LogP contribution >= 0.6 is 0 Å². The second kappa shape index (κ2) is 45.7. The molecule has 87 heavy (non-hydrogen) atoms. The largest absolute Gasteiger partial charge is 0.477 e. The standard InChI is InChI=1S/C64H118N2O21/c1-4-6-8-10-12-14-16-18-20-21-22-23-24-25-27-29-31-33-35-37-46(71)45(66-51(74)38-36-34-32-30-28-26-19-17-15-13-11-9-7-5-2)43-82-61-56(78)55(77)58(50(42-69)84-61)85-62-57(79)60(54(76)49(41-68)83-62)87-64(63(80)81)39-47(72)52(65-44(3)70)59(86-64)53(75)48(73)40-67/h35,37,45-50,52-62,67-69,71-73,75-79H,4-34,36,38-43H2,1-3H3,(H,65,70)(H,66,74)(H,80,81)/b37-35+. The van der Waals surface area contributed by atoms with E-state index in [1.807, 2.05) is 6.08 Å². The average molecular weight is 1250 g/mol. The van der Waals surface area contributed by atoms with Crippen molar-refractivity contribution in [1.82, 2.24) is 10.6 Å². The second-order valence-electron chi connectivity index (χ2n) is 24.7. The van der Waals surface area contributed by atoms with Crippen LogP contribution in [-0.4, -0.2) is 215 Å². The Morgan fingerprint density at radius 1 is 0.598 bits per heavy atom. The molecular formula is C64H118N2O21. The van der Waals surface area contributed by atoms with Gasteiger partial charge < -0.3 is 100 Å². The van der Waals surface area contributed by atoms with Crippen LogP contribution in [0.4, 0.5) is 0 Å². The van der Waals surface area contributed by atoms with Gasteiger partial charge in [0.05, 0.1) is 50.7 Å². The van der Waals surface area contributed by atoms with Crippen molar-refractivity contribution < 1.29 is 104 Å². The molecule has 18 atom stereocenters. The number of hydrogen-bond donors (Lipinski definition) is 14. The van der Waals surface area contributed by atoms with Gasteiger partial charge in [0.2, 0.25) is 11.8 Å². The van der Waals surface area contributed by atoms with E-state index < -0.39 is 155 Å². The number of carbonyl (C=O) groups excluding carboxylic acids is 2. The second-order valence-corrected chi connectivity index (χ2v) is 24.7.